The molecule has 0 radical (unpaired) electrons. The molecule has 1 aromatic heterocycles. The first-order chi connectivity index (χ1) is 14.5. The van der Waals surface area contributed by atoms with Gasteiger partial charge in [0.1, 0.15) is 5.78 Å². The Morgan fingerprint density at radius 3 is 2.35 bits per heavy atom. The number of hydrogen-bond acceptors (Lipinski definition) is 6. The van der Waals surface area contributed by atoms with E-state index < -0.39 is 15.4 Å². The molecule has 0 bridgehead atoms. The number of carbonyl (C=O) groups is 1. The van der Waals surface area contributed by atoms with Gasteiger partial charge in [-0.25, -0.2) is 8.42 Å². The molecule has 0 aliphatic carbocycles. The second kappa shape index (κ2) is 10.3. The van der Waals surface area contributed by atoms with Gasteiger partial charge in [0, 0.05) is 30.1 Å². The van der Waals surface area contributed by atoms with Crippen molar-refractivity contribution in [2.24, 2.45) is 5.41 Å². The third-order valence-corrected chi connectivity index (χ3v) is 8.29. The molecule has 0 amide bonds. The highest BCUT2D eigenvalue weighted by molar-refractivity contribution is 7.99. The zero-order valence-electron chi connectivity index (χ0n) is 19.5. The third-order valence-electron chi connectivity index (χ3n) is 5.30. The van der Waals surface area contributed by atoms with E-state index in [0.717, 1.165) is 6.42 Å². The van der Waals surface area contributed by atoms with Gasteiger partial charge in [-0.1, -0.05) is 65.4 Å². The Morgan fingerprint density at radius 1 is 1.16 bits per heavy atom. The van der Waals surface area contributed by atoms with Crippen molar-refractivity contribution in [3.05, 3.63) is 24.3 Å². The van der Waals surface area contributed by atoms with Crippen LogP contribution in [0, 0.1) is 5.41 Å². The standard InChI is InChI=1S/C22H34N4O3S2/c1-8-16(4)26-20(23-24-21(26)30-15-19(27)22(5,6)7)17-12-11-13-18(14-17)31(28,29)25(9-2)10-3/h11-14,16H,8-10,15H2,1-7H3/t16-/m1/s1. The van der Waals surface area contributed by atoms with Gasteiger partial charge in [-0.05, 0) is 25.5 Å². The molecule has 2 rings (SSSR count). The average Bonchev–Trinajstić information content (AvgIpc) is 3.15. The monoisotopic (exact) mass is 466 g/mol. The first-order valence-electron chi connectivity index (χ1n) is 10.7. The summed E-state index contributed by atoms with van der Waals surface area (Å²) in [5.74, 6) is 1.07. The van der Waals surface area contributed by atoms with E-state index >= 15 is 0 Å². The van der Waals surface area contributed by atoms with Gasteiger partial charge in [0.2, 0.25) is 10.0 Å². The van der Waals surface area contributed by atoms with Gasteiger partial charge in [0.15, 0.2) is 11.0 Å². The molecule has 0 unspecified atom stereocenters. The Balaban J connectivity index is 2.47. The minimum absolute atomic E-state index is 0.0975. The summed E-state index contributed by atoms with van der Waals surface area (Å²) < 4.78 is 29.4. The number of hydrogen-bond donors (Lipinski definition) is 0. The lowest BCUT2D eigenvalue weighted by atomic mass is 9.92. The summed E-state index contributed by atoms with van der Waals surface area (Å²) in [4.78, 5) is 12.6. The summed E-state index contributed by atoms with van der Waals surface area (Å²) in [6.45, 7) is 14.3. The second-order valence-electron chi connectivity index (χ2n) is 8.51. The van der Waals surface area contributed by atoms with Gasteiger partial charge in [0.25, 0.3) is 0 Å². The number of rotatable bonds is 10. The van der Waals surface area contributed by atoms with Crippen LogP contribution in [0.4, 0.5) is 0 Å². The highest BCUT2D eigenvalue weighted by atomic mass is 32.2. The molecule has 0 N–H and O–H groups in total. The lowest BCUT2D eigenvalue weighted by Gasteiger charge is -2.20. The first kappa shape index (κ1) is 25.5. The van der Waals surface area contributed by atoms with Crippen LogP contribution in [0.2, 0.25) is 0 Å². The average molecular weight is 467 g/mol. The van der Waals surface area contributed by atoms with Crippen LogP contribution in [-0.2, 0) is 14.8 Å². The minimum Gasteiger partial charge on any atom is -0.299 e. The number of nitrogens with zero attached hydrogens (tertiary/aromatic N) is 4. The molecule has 31 heavy (non-hydrogen) atoms. The summed E-state index contributed by atoms with van der Waals surface area (Å²) >= 11 is 1.38. The highest BCUT2D eigenvalue weighted by Gasteiger charge is 2.26. The number of aromatic nitrogens is 3. The van der Waals surface area contributed by atoms with Crippen LogP contribution in [-0.4, -0.2) is 52.1 Å². The number of benzene rings is 1. The number of Topliss-reactive ketones (excluding diaryl/α,β-unsaturated/α-hetero) is 1. The fourth-order valence-corrected chi connectivity index (χ4v) is 5.71. The molecule has 0 saturated heterocycles. The van der Waals surface area contributed by atoms with E-state index in [2.05, 4.69) is 24.0 Å². The summed E-state index contributed by atoms with van der Waals surface area (Å²) in [7, 11) is -3.58. The van der Waals surface area contributed by atoms with E-state index in [1.807, 2.05) is 45.3 Å². The van der Waals surface area contributed by atoms with Gasteiger partial charge < -0.3 is 0 Å². The molecule has 9 heteroatoms. The van der Waals surface area contributed by atoms with Gasteiger partial charge in [0.05, 0.1) is 10.6 Å². The molecule has 0 aliphatic heterocycles. The van der Waals surface area contributed by atoms with Crippen LogP contribution in [0.25, 0.3) is 11.4 Å². The van der Waals surface area contributed by atoms with E-state index in [-0.39, 0.29) is 16.7 Å². The second-order valence-corrected chi connectivity index (χ2v) is 11.4. The molecule has 0 spiro atoms. The Labute approximate surface area is 190 Å². The van der Waals surface area contributed by atoms with Crippen molar-refractivity contribution in [2.45, 2.75) is 71.0 Å². The van der Waals surface area contributed by atoms with Crippen LogP contribution in [0.15, 0.2) is 34.3 Å². The lowest BCUT2D eigenvalue weighted by Crippen LogP contribution is -2.30. The van der Waals surface area contributed by atoms with E-state index in [9.17, 15) is 13.2 Å². The predicted octanol–water partition coefficient (Wildman–Crippen LogP) is 4.65. The summed E-state index contributed by atoms with van der Waals surface area (Å²) in [6, 6.07) is 6.94. The van der Waals surface area contributed by atoms with Crippen molar-refractivity contribution in [3.63, 3.8) is 0 Å². The molecule has 7 nitrogen and oxygen atoms in total. The van der Waals surface area contributed by atoms with Crippen LogP contribution in [0.5, 0.6) is 0 Å². The number of ketones is 1. The quantitative estimate of drug-likeness (QED) is 0.474. The molecule has 0 aliphatic rings. The fraction of sp³-hybridized carbons (Fsp3) is 0.591. The zero-order chi connectivity index (χ0) is 23.4. The van der Waals surface area contributed by atoms with Gasteiger partial charge in [-0.2, -0.15) is 4.31 Å². The highest BCUT2D eigenvalue weighted by Crippen LogP contribution is 2.31. The molecule has 2 aromatic rings. The van der Waals surface area contributed by atoms with Crippen molar-refractivity contribution in [2.75, 3.05) is 18.8 Å². The molecule has 0 saturated carbocycles. The molecule has 0 fully saturated rings. The Morgan fingerprint density at radius 2 is 1.81 bits per heavy atom. The largest absolute Gasteiger partial charge is 0.299 e. The Bertz CT molecular complexity index is 1010. The third kappa shape index (κ3) is 5.75. The molecular formula is C22H34N4O3S2. The number of sulfonamides is 1. The normalized spacial score (nSPS) is 13.5. The Hall–Kier alpha value is -1.71. The maximum Gasteiger partial charge on any atom is 0.243 e. The van der Waals surface area contributed by atoms with Crippen LogP contribution in [0.3, 0.4) is 0 Å². The minimum atomic E-state index is -3.58. The van der Waals surface area contributed by atoms with Crippen molar-refractivity contribution in [1.82, 2.24) is 19.1 Å². The first-order valence-corrected chi connectivity index (χ1v) is 13.1. The summed E-state index contributed by atoms with van der Waals surface area (Å²) in [6.07, 6.45) is 0.850. The zero-order valence-corrected chi connectivity index (χ0v) is 21.2. The van der Waals surface area contributed by atoms with E-state index in [0.29, 0.717) is 35.4 Å². The van der Waals surface area contributed by atoms with E-state index in [1.54, 1.807) is 18.2 Å². The van der Waals surface area contributed by atoms with E-state index in [1.165, 1.54) is 16.1 Å². The van der Waals surface area contributed by atoms with E-state index in [4.69, 9.17) is 0 Å². The lowest BCUT2D eigenvalue weighted by molar-refractivity contribution is -0.123. The van der Waals surface area contributed by atoms with Crippen molar-refractivity contribution >= 4 is 27.6 Å². The van der Waals surface area contributed by atoms with Gasteiger partial charge in [-0.3, -0.25) is 9.36 Å². The topological polar surface area (TPSA) is 85.2 Å². The van der Waals surface area contributed by atoms with Crippen LogP contribution < -0.4 is 0 Å². The molecule has 172 valence electrons. The molecule has 1 atom stereocenters. The maximum absolute atomic E-state index is 13.0. The number of carbonyl (C=O) groups excluding carboxylic acids is 1. The Kier molecular flexibility index (Phi) is 8.47. The van der Waals surface area contributed by atoms with Crippen LogP contribution in [0.1, 0.15) is 60.9 Å². The van der Waals surface area contributed by atoms with Crippen LogP contribution >= 0.6 is 11.8 Å². The van der Waals surface area contributed by atoms with Crippen molar-refractivity contribution in [3.8, 4) is 11.4 Å². The summed E-state index contributed by atoms with van der Waals surface area (Å²) in [5, 5.41) is 9.38. The van der Waals surface area contributed by atoms with Crippen molar-refractivity contribution < 1.29 is 13.2 Å². The molecular weight excluding hydrogens is 432 g/mol. The van der Waals surface area contributed by atoms with Crippen molar-refractivity contribution in [1.29, 1.82) is 0 Å². The SMILES string of the molecule is CC[C@@H](C)n1c(SCC(=O)C(C)(C)C)nnc1-c1cccc(S(=O)(=O)N(CC)CC)c1. The fourth-order valence-electron chi connectivity index (χ4n) is 3.01. The molecule has 1 aromatic carbocycles. The smallest absolute Gasteiger partial charge is 0.243 e. The predicted molar refractivity (Wildman–Crippen MR) is 126 cm³/mol. The molecule has 1 heterocycles. The number of thioether (sulfide) groups is 1. The summed E-state index contributed by atoms with van der Waals surface area (Å²) in [5.41, 5.74) is 0.277. The van der Waals surface area contributed by atoms with Gasteiger partial charge in [-0.15, -0.1) is 10.2 Å². The van der Waals surface area contributed by atoms with Gasteiger partial charge >= 0.3 is 0 Å². The maximum atomic E-state index is 13.0.